The fraction of sp³-hybridized carbons (Fsp3) is 0.615. The Kier molecular flexibility index (Phi) is 5.75. The third-order valence-electron chi connectivity index (χ3n) is 2.59. The van der Waals surface area contributed by atoms with Crippen LogP contribution in [0.25, 0.3) is 0 Å². The third kappa shape index (κ3) is 4.19. The molecule has 0 aliphatic heterocycles. The largest absolute Gasteiger partial charge is 0.469 e. The summed E-state index contributed by atoms with van der Waals surface area (Å²) >= 11 is 3.43. The number of carbonyl (C=O) groups is 1. The van der Waals surface area contributed by atoms with Crippen molar-refractivity contribution in [2.45, 2.75) is 39.7 Å². The monoisotopic (exact) mass is 301 g/mol. The molecule has 96 valence electrons. The molecule has 0 aliphatic carbocycles. The summed E-state index contributed by atoms with van der Waals surface area (Å²) < 4.78 is 5.26. The molecule has 3 nitrogen and oxygen atoms in total. The van der Waals surface area contributed by atoms with Gasteiger partial charge in [0.05, 0.1) is 11.8 Å². The molecule has 0 aromatic carbocycles. The Bertz CT molecular complexity index is 360. The SMILES string of the molecule is CCc1occc1C(=O)NC(CBr)CC(C)C. The maximum absolute atomic E-state index is 12.0. The summed E-state index contributed by atoms with van der Waals surface area (Å²) in [6.45, 7) is 6.28. The first-order chi connectivity index (χ1) is 8.08. The number of rotatable bonds is 6. The lowest BCUT2D eigenvalue weighted by Gasteiger charge is -2.18. The van der Waals surface area contributed by atoms with Crippen LogP contribution in [0, 0.1) is 5.92 Å². The topological polar surface area (TPSA) is 42.2 Å². The van der Waals surface area contributed by atoms with Gasteiger partial charge in [-0.15, -0.1) is 0 Å². The van der Waals surface area contributed by atoms with Crippen LogP contribution in [0.2, 0.25) is 0 Å². The Labute approximate surface area is 111 Å². The second-order valence-electron chi connectivity index (χ2n) is 4.57. The summed E-state index contributed by atoms with van der Waals surface area (Å²) in [5, 5.41) is 3.80. The number of halogens is 1. The minimum Gasteiger partial charge on any atom is -0.469 e. The Morgan fingerprint density at radius 1 is 1.53 bits per heavy atom. The number of nitrogens with one attached hydrogen (secondary N) is 1. The van der Waals surface area contributed by atoms with Crippen LogP contribution in [0.5, 0.6) is 0 Å². The van der Waals surface area contributed by atoms with E-state index in [2.05, 4.69) is 35.1 Å². The van der Waals surface area contributed by atoms with Gasteiger partial charge in [0.15, 0.2) is 0 Å². The summed E-state index contributed by atoms with van der Waals surface area (Å²) in [4.78, 5) is 12.0. The lowest BCUT2D eigenvalue weighted by Crippen LogP contribution is -2.37. The van der Waals surface area contributed by atoms with Gasteiger partial charge in [0, 0.05) is 17.8 Å². The Morgan fingerprint density at radius 3 is 2.76 bits per heavy atom. The molecule has 0 aliphatic rings. The number of alkyl halides is 1. The molecule has 0 spiro atoms. The lowest BCUT2D eigenvalue weighted by molar-refractivity contribution is 0.0935. The van der Waals surface area contributed by atoms with Crippen LogP contribution in [-0.4, -0.2) is 17.3 Å². The van der Waals surface area contributed by atoms with Gasteiger partial charge in [0.25, 0.3) is 5.91 Å². The van der Waals surface area contributed by atoms with Gasteiger partial charge in [-0.1, -0.05) is 36.7 Å². The first-order valence-corrected chi connectivity index (χ1v) is 7.13. The van der Waals surface area contributed by atoms with Crippen molar-refractivity contribution in [3.05, 3.63) is 23.7 Å². The first kappa shape index (κ1) is 14.3. The van der Waals surface area contributed by atoms with Gasteiger partial charge in [-0.2, -0.15) is 0 Å². The molecule has 4 heteroatoms. The van der Waals surface area contributed by atoms with Crippen molar-refractivity contribution in [2.75, 3.05) is 5.33 Å². The second-order valence-corrected chi connectivity index (χ2v) is 5.21. The summed E-state index contributed by atoms with van der Waals surface area (Å²) in [5.74, 6) is 1.27. The summed E-state index contributed by atoms with van der Waals surface area (Å²) in [7, 11) is 0. The maximum Gasteiger partial charge on any atom is 0.255 e. The number of amides is 1. The van der Waals surface area contributed by atoms with E-state index >= 15 is 0 Å². The van der Waals surface area contributed by atoms with E-state index in [0.29, 0.717) is 11.5 Å². The quantitative estimate of drug-likeness (QED) is 0.819. The highest BCUT2D eigenvalue weighted by molar-refractivity contribution is 9.09. The molecule has 0 radical (unpaired) electrons. The number of aryl methyl sites for hydroxylation is 1. The minimum absolute atomic E-state index is 0.0410. The fourth-order valence-corrected chi connectivity index (χ4v) is 2.24. The van der Waals surface area contributed by atoms with Gasteiger partial charge in [-0.05, 0) is 18.4 Å². The normalized spacial score (nSPS) is 12.8. The average molecular weight is 302 g/mol. The molecular formula is C13H20BrNO2. The van der Waals surface area contributed by atoms with Gasteiger partial charge < -0.3 is 9.73 Å². The molecule has 0 saturated heterocycles. The molecule has 0 saturated carbocycles. The highest BCUT2D eigenvalue weighted by Crippen LogP contribution is 2.13. The molecule has 1 atom stereocenters. The standard InChI is InChI=1S/C13H20BrNO2/c1-4-12-11(5-6-17-12)13(16)15-10(8-14)7-9(2)3/h5-6,9-10H,4,7-8H2,1-3H3,(H,15,16). The van der Waals surface area contributed by atoms with E-state index in [0.717, 1.165) is 23.9 Å². The van der Waals surface area contributed by atoms with Gasteiger partial charge in [-0.25, -0.2) is 0 Å². The Hall–Kier alpha value is -0.770. The van der Waals surface area contributed by atoms with Crippen LogP contribution in [0.4, 0.5) is 0 Å². The molecule has 1 aromatic rings. The van der Waals surface area contributed by atoms with Crippen molar-refractivity contribution in [1.82, 2.24) is 5.32 Å². The van der Waals surface area contributed by atoms with E-state index < -0.39 is 0 Å². The van der Waals surface area contributed by atoms with E-state index in [1.54, 1.807) is 12.3 Å². The molecule has 1 rings (SSSR count). The van der Waals surface area contributed by atoms with Gasteiger partial charge >= 0.3 is 0 Å². The third-order valence-corrected chi connectivity index (χ3v) is 3.37. The zero-order chi connectivity index (χ0) is 12.8. The maximum atomic E-state index is 12.0. The highest BCUT2D eigenvalue weighted by Gasteiger charge is 2.17. The minimum atomic E-state index is -0.0410. The van der Waals surface area contributed by atoms with E-state index in [-0.39, 0.29) is 11.9 Å². The highest BCUT2D eigenvalue weighted by atomic mass is 79.9. The zero-order valence-corrected chi connectivity index (χ0v) is 12.2. The van der Waals surface area contributed by atoms with Crippen molar-refractivity contribution in [1.29, 1.82) is 0 Å². The fourth-order valence-electron chi connectivity index (χ4n) is 1.81. The zero-order valence-electron chi connectivity index (χ0n) is 10.6. The van der Waals surface area contributed by atoms with E-state index in [1.165, 1.54) is 0 Å². The molecule has 0 fully saturated rings. The molecule has 1 heterocycles. The van der Waals surface area contributed by atoms with Crippen LogP contribution in [0.3, 0.4) is 0 Å². The number of carbonyl (C=O) groups excluding carboxylic acids is 1. The van der Waals surface area contributed by atoms with Gasteiger partial charge in [0.2, 0.25) is 0 Å². The van der Waals surface area contributed by atoms with E-state index in [4.69, 9.17) is 4.42 Å². The molecule has 17 heavy (non-hydrogen) atoms. The van der Waals surface area contributed by atoms with Crippen LogP contribution in [-0.2, 0) is 6.42 Å². The molecule has 1 amide bonds. The van der Waals surface area contributed by atoms with E-state index in [9.17, 15) is 4.79 Å². The smallest absolute Gasteiger partial charge is 0.255 e. The predicted octanol–water partition coefficient (Wildman–Crippen LogP) is 3.38. The van der Waals surface area contributed by atoms with Gasteiger partial charge in [0.1, 0.15) is 5.76 Å². The summed E-state index contributed by atoms with van der Waals surface area (Å²) in [6, 6.07) is 1.90. The van der Waals surface area contributed by atoms with Gasteiger partial charge in [-0.3, -0.25) is 4.79 Å². The van der Waals surface area contributed by atoms with Crippen molar-refractivity contribution in [2.24, 2.45) is 5.92 Å². The Balaban J connectivity index is 2.64. The number of hydrogen-bond donors (Lipinski definition) is 1. The van der Waals surface area contributed by atoms with Crippen molar-refractivity contribution in [3.63, 3.8) is 0 Å². The molecule has 1 aromatic heterocycles. The molecule has 1 unspecified atom stereocenters. The van der Waals surface area contributed by atoms with Crippen molar-refractivity contribution in [3.8, 4) is 0 Å². The molecular weight excluding hydrogens is 282 g/mol. The molecule has 1 N–H and O–H groups in total. The van der Waals surface area contributed by atoms with Crippen LogP contribution in [0.15, 0.2) is 16.7 Å². The first-order valence-electron chi connectivity index (χ1n) is 6.01. The van der Waals surface area contributed by atoms with E-state index in [1.807, 2.05) is 6.92 Å². The van der Waals surface area contributed by atoms with Crippen LogP contribution >= 0.6 is 15.9 Å². The summed E-state index contributed by atoms with van der Waals surface area (Å²) in [6.07, 6.45) is 3.27. The number of hydrogen-bond acceptors (Lipinski definition) is 2. The number of furan rings is 1. The second kappa shape index (κ2) is 6.84. The summed E-state index contributed by atoms with van der Waals surface area (Å²) in [5.41, 5.74) is 0.655. The predicted molar refractivity (Wildman–Crippen MR) is 72.6 cm³/mol. The average Bonchev–Trinajstić information content (AvgIpc) is 2.75. The van der Waals surface area contributed by atoms with Crippen molar-refractivity contribution >= 4 is 21.8 Å². The van der Waals surface area contributed by atoms with Crippen LogP contribution in [0.1, 0.15) is 43.3 Å². The van der Waals surface area contributed by atoms with Crippen LogP contribution < -0.4 is 5.32 Å². The molecule has 0 bridgehead atoms. The lowest BCUT2D eigenvalue weighted by atomic mass is 10.0. The van der Waals surface area contributed by atoms with Crippen molar-refractivity contribution < 1.29 is 9.21 Å². The Morgan fingerprint density at radius 2 is 2.24 bits per heavy atom.